The van der Waals surface area contributed by atoms with Gasteiger partial charge < -0.3 is 9.64 Å². The average Bonchev–Trinajstić information content (AvgIpc) is 3.03. The molecule has 25 heavy (non-hydrogen) atoms. The summed E-state index contributed by atoms with van der Waals surface area (Å²) in [4.78, 5) is 15.2. The summed E-state index contributed by atoms with van der Waals surface area (Å²) in [5.41, 5.74) is 2.38. The van der Waals surface area contributed by atoms with Crippen molar-refractivity contribution in [2.75, 3.05) is 18.0 Å². The van der Waals surface area contributed by atoms with Crippen molar-refractivity contribution >= 4 is 11.5 Å². The maximum atomic E-state index is 9.53. The second kappa shape index (κ2) is 6.40. The van der Waals surface area contributed by atoms with E-state index in [0.29, 0.717) is 11.7 Å². The average molecular weight is 334 g/mol. The van der Waals surface area contributed by atoms with Crippen molar-refractivity contribution in [1.82, 2.24) is 19.4 Å². The topological polar surface area (TPSA) is 79.3 Å². The van der Waals surface area contributed by atoms with Crippen molar-refractivity contribution in [2.45, 2.75) is 25.9 Å². The largest absolute Gasteiger partial charge is 0.460 e. The van der Waals surface area contributed by atoms with Gasteiger partial charge in [-0.05, 0) is 24.6 Å². The van der Waals surface area contributed by atoms with Crippen LogP contribution in [0.15, 0.2) is 36.8 Å². The molecule has 4 heterocycles. The van der Waals surface area contributed by atoms with Crippen LogP contribution in [0.4, 0.5) is 5.82 Å². The van der Waals surface area contributed by atoms with Crippen molar-refractivity contribution in [1.29, 1.82) is 5.26 Å². The predicted molar refractivity (Wildman–Crippen MR) is 92.5 cm³/mol. The van der Waals surface area contributed by atoms with E-state index in [1.807, 2.05) is 35.7 Å². The predicted octanol–water partition coefficient (Wildman–Crippen LogP) is 2.35. The van der Waals surface area contributed by atoms with Crippen LogP contribution in [-0.2, 0) is 0 Å². The van der Waals surface area contributed by atoms with E-state index in [1.54, 1.807) is 12.4 Å². The zero-order chi connectivity index (χ0) is 17.2. The number of ether oxygens (including phenoxy) is 1. The minimum Gasteiger partial charge on any atom is -0.460 e. The number of anilines is 1. The molecule has 3 aromatic rings. The molecule has 7 heteroatoms. The van der Waals surface area contributed by atoms with E-state index in [4.69, 9.17) is 4.74 Å². The number of aryl methyl sites for hydroxylation is 1. The highest BCUT2D eigenvalue weighted by molar-refractivity contribution is 5.60. The maximum absolute atomic E-state index is 9.53. The summed E-state index contributed by atoms with van der Waals surface area (Å²) in [5, 5.41) is 9.53. The van der Waals surface area contributed by atoms with Gasteiger partial charge in [-0.25, -0.2) is 15.0 Å². The van der Waals surface area contributed by atoms with E-state index in [-0.39, 0.29) is 6.10 Å². The number of piperidine rings is 1. The van der Waals surface area contributed by atoms with Crippen LogP contribution >= 0.6 is 0 Å². The summed E-state index contributed by atoms with van der Waals surface area (Å²) in [7, 11) is 0. The van der Waals surface area contributed by atoms with Crippen LogP contribution in [0.25, 0.3) is 5.65 Å². The molecule has 1 aliphatic rings. The molecule has 7 nitrogen and oxygen atoms in total. The Hall–Kier alpha value is -3.14. The van der Waals surface area contributed by atoms with E-state index in [2.05, 4.69) is 25.9 Å². The molecular weight excluding hydrogens is 316 g/mol. The molecule has 0 aliphatic carbocycles. The number of aromatic nitrogens is 4. The monoisotopic (exact) mass is 334 g/mol. The lowest BCUT2D eigenvalue weighted by Gasteiger charge is -2.31. The van der Waals surface area contributed by atoms with Crippen LogP contribution in [0.1, 0.15) is 24.1 Å². The number of hydrogen-bond acceptors (Lipinski definition) is 6. The molecular formula is C18H18N6O. The molecule has 3 aromatic heterocycles. The Morgan fingerprint density at radius 3 is 2.68 bits per heavy atom. The van der Waals surface area contributed by atoms with Gasteiger partial charge in [0.25, 0.3) is 0 Å². The fourth-order valence-corrected chi connectivity index (χ4v) is 3.08. The zero-order valence-corrected chi connectivity index (χ0v) is 14.0. The van der Waals surface area contributed by atoms with Gasteiger partial charge in [0.05, 0.1) is 0 Å². The third-order valence-electron chi connectivity index (χ3n) is 4.39. The maximum Gasteiger partial charge on any atom is 0.316 e. The van der Waals surface area contributed by atoms with Gasteiger partial charge in [-0.15, -0.1) is 0 Å². The summed E-state index contributed by atoms with van der Waals surface area (Å²) in [6, 6.07) is 8.45. The van der Waals surface area contributed by atoms with E-state index < -0.39 is 0 Å². The van der Waals surface area contributed by atoms with Crippen LogP contribution in [0.2, 0.25) is 0 Å². The highest BCUT2D eigenvalue weighted by Crippen LogP contribution is 2.25. The zero-order valence-electron chi connectivity index (χ0n) is 14.0. The third kappa shape index (κ3) is 2.98. The van der Waals surface area contributed by atoms with E-state index in [9.17, 15) is 5.26 Å². The van der Waals surface area contributed by atoms with Crippen molar-refractivity contribution in [3.8, 4) is 12.1 Å². The minimum atomic E-state index is 0.0847. The summed E-state index contributed by atoms with van der Waals surface area (Å²) in [5.74, 6) is 0.749. The van der Waals surface area contributed by atoms with E-state index in [0.717, 1.165) is 43.0 Å². The number of pyridine rings is 1. The van der Waals surface area contributed by atoms with Gasteiger partial charge in [-0.1, -0.05) is 6.07 Å². The number of imidazole rings is 1. The molecule has 1 fully saturated rings. The van der Waals surface area contributed by atoms with Crippen molar-refractivity contribution in [3.63, 3.8) is 0 Å². The van der Waals surface area contributed by atoms with Gasteiger partial charge in [0.15, 0.2) is 11.5 Å². The molecule has 0 atom stereocenters. The molecule has 4 rings (SSSR count). The highest BCUT2D eigenvalue weighted by atomic mass is 16.5. The molecule has 0 N–H and O–H groups in total. The standard InChI is InChI=1S/C18H18N6O/c1-13-11-20-18(21-12-13)25-14-5-8-23(9-6-14)17-15(10-19)24-7-3-2-4-16(24)22-17/h2-4,7,11-12,14H,5-6,8-9H2,1H3. The van der Waals surface area contributed by atoms with Crippen LogP contribution in [0.5, 0.6) is 6.01 Å². The van der Waals surface area contributed by atoms with Crippen molar-refractivity contribution in [3.05, 3.63) is 48.0 Å². The normalized spacial score (nSPS) is 15.3. The smallest absolute Gasteiger partial charge is 0.316 e. The number of rotatable bonds is 3. The lowest BCUT2D eigenvalue weighted by Crippen LogP contribution is -2.39. The molecule has 0 unspecified atom stereocenters. The van der Waals surface area contributed by atoms with Crippen LogP contribution in [0.3, 0.4) is 0 Å². The molecule has 0 amide bonds. The molecule has 1 saturated heterocycles. The second-order valence-corrected chi connectivity index (χ2v) is 6.17. The van der Waals surface area contributed by atoms with Crippen LogP contribution in [-0.4, -0.2) is 38.5 Å². The van der Waals surface area contributed by atoms with E-state index in [1.165, 1.54) is 0 Å². The fraction of sp³-hybridized carbons (Fsp3) is 0.333. The first-order valence-electron chi connectivity index (χ1n) is 8.32. The van der Waals surface area contributed by atoms with Gasteiger partial charge in [0.2, 0.25) is 0 Å². The Morgan fingerprint density at radius 2 is 1.96 bits per heavy atom. The van der Waals surface area contributed by atoms with Gasteiger partial charge in [-0.2, -0.15) is 5.26 Å². The van der Waals surface area contributed by atoms with Crippen LogP contribution < -0.4 is 9.64 Å². The molecule has 0 saturated carbocycles. The van der Waals surface area contributed by atoms with Gasteiger partial charge in [0, 0.05) is 44.5 Å². The number of nitrogens with zero attached hydrogens (tertiary/aromatic N) is 6. The first kappa shape index (κ1) is 15.4. The summed E-state index contributed by atoms with van der Waals surface area (Å²) >= 11 is 0. The number of hydrogen-bond donors (Lipinski definition) is 0. The Labute approximate surface area is 145 Å². The first-order chi connectivity index (χ1) is 12.2. The SMILES string of the molecule is Cc1cnc(OC2CCN(c3nc4ccccn4c3C#N)CC2)nc1. The van der Waals surface area contributed by atoms with Gasteiger partial charge in [0.1, 0.15) is 17.8 Å². The summed E-state index contributed by atoms with van der Waals surface area (Å²) < 4.78 is 7.70. The quantitative estimate of drug-likeness (QED) is 0.731. The first-order valence-corrected chi connectivity index (χ1v) is 8.32. The second-order valence-electron chi connectivity index (χ2n) is 6.17. The Morgan fingerprint density at radius 1 is 1.20 bits per heavy atom. The fourth-order valence-electron chi connectivity index (χ4n) is 3.08. The van der Waals surface area contributed by atoms with Gasteiger partial charge >= 0.3 is 6.01 Å². The van der Waals surface area contributed by atoms with E-state index >= 15 is 0 Å². The van der Waals surface area contributed by atoms with Crippen LogP contribution in [0, 0.1) is 18.3 Å². The lowest BCUT2D eigenvalue weighted by atomic mass is 10.1. The Kier molecular flexibility index (Phi) is 3.94. The summed E-state index contributed by atoms with van der Waals surface area (Å²) in [6.45, 7) is 3.52. The number of nitriles is 1. The lowest BCUT2D eigenvalue weighted by molar-refractivity contribution is 0.156. The molecule has 0 radical (unpaired) electrons. The highest BCUT2D eigenvalue weighted by Gasteiger charge is 2.25. The Balaban J connectivity index is 1.47. The van der Waals surface area contributed by atoms with Crippen molar-refractivity contribution < 1.29 is 4.74 Å². The molecule has 0 aromatic carbocycles. The molecule has 1 aliphatic heterocycles. The Bertz CT molecular complexity index is 919. The molecule has 0 spiro atoms. The molecule has 0 bridgehead atoms. The van der Waals surface area contributed by atoms with Gasteiger partial charge in [-0.3, -0.25) is 4.40 Å². The third-order valence-corrected chi connectivity index (χ3v) is 4.39. The number of fused-ring (bicyclic) bond motifs is 1. The summed E-state index contributed by atoms with van der Waals surface area (Å²) in [6.07, 6.45) is 7.16. The minimum absolute atomic E-state index is 0.0847. The van der Waals surface area contributed by atoms with Crippen molar-refractivity contribution in [2.24, 2.45) is 0 Å². The molecule has 126 valence electrons.